The first kappa shape index (κ1) is 12.7. The van der Waals surface area contributed by atoms with Crippen LogP contribution in [0.1, 0.15) is 46.4 Å². The van der Waals surface area contributed by atoms with Crippen molar-refractivity contribution >= 4 is 5.82 Å². The monoisotopic (exact) mass is 224 g/mol. The predicted octanol–water partition coefficient (Wildman–Crippen LogP) is 2.06. The second-order valence-corrected chi connectivity index (χ2v) is 4.96. The number of ether oxygens (including phenoxy) is 1. The summed E-state index contributed by atoms with van der Waals surface area (Å²) in [6, 6.07) is 1.69. The van der Waals surface area contributed by atoms with Crippen LogP contribution in [0.15, 0.2) is 6.07 Å². The fourth-order valence-electron chi connectivity index (χ4n) is 1.14. The Morgan fingerprint density at radius 2 is 1.94 bits per heavy atom. The highest BCUT2D eigenvalue weighted by atomic mass is 16.5. The van der Waals surface area contributed by atoms with Crippen LogP contribution < -0.4 is 16.0 Å². The molecule has 0 spiro atoms. The van der Waals surface area contributed by atoms with E-state index in [9.17, 15) is 0 Å². The standard InChI is InChI=1S/C11H20N4O/c1-7(2)10-13-8(15-12)6-9(14-10)16-11(3,4)5/h6-7H,12H2,1-5H3,(H,13,14,15). The zero-order valence-electron chi connectivity index (χ0n) is 10.5. The second kappa shape index (κ2) is 4.65. The summed E-state index contributed by atoms with van der Waals surface area (Å²) in [6.45, 7) is 9.96. The summed E-state index contributed by atoms with van der Waals surface area (Å²) in [7, 11) is 0. The minimum atomic E-state index is -0.283. The van der Waals surface area contributed by atoms with Crippen molar-refractivity contribution in [1.29, 1.82) is 0 Å². The molecule has 1 heterocycles. The maximum atomic E-state index is 5.69. The normalized spacial score (nSPS) is 11.7. The SMILES string of the molecule is CC(C)c1nc(NN)cc(OC(C)(C)C)n1. The quantitative estimate of drug-likeness (QED) is 0.607. The van der Waals surface area contributed by atoms with Gasteiger partial charge in [0, 0.05) is 12.0 Å². The molecule has 90 valence electrons. The summed E-state index contributed by atoms with van der Waals surface area (Å²) >= 11 is 0. The molecular formula is C11H20N4O. The third kappa shape index (κ3) is 3.66. The lowest BCUT2D eigenvalue weighted by atomic mass is 10.2. The molecule has 3 N–H and O–H groups in total. The van der Waals surface area contributed by atoms with Crippen LogP contribution in [-0.4, -0.2) is 15.6 Å². The molecule has 1 rings (SSSR count). The largest absolute Gasteiger partial charge is 0.472 e. The number of aromatic nitrogens is 2. The fraction of sp³-hybridized carbons (Fsp3) is 0.636. The van der Waals surface area contributed by atoms with Crippen LogP contribution in [0.25, 0.3) is 0 Å². The number of anilines is 1. The van der Waals surface area contributed by atoms with E-state index < -0.39 is 0 Å². The predicted molar refractivity (Wildman–Crippen MR) is 64.3 cm³/mol. The molecule has 0 radical (unpaired) electrons. The van der Waals surface area contributed by atoms with Gasteiger partial charge in [0.1, 0.15) is 17.2 Å². The van der Waals surface area contributed by atoms with Gasteiger partial charge in [0.25, 0.3) is 0 Å². The van der Waals surface area contributed by atoms with Gasteiger partial charge >= 0.3 is 0 Å². The second-order valence-electron chi connectivity index (χ2n) is 4.96. The van der Waals surface area contributed by atoms with Gasteiger partial charge in [-0.05, 0) is 20.8 Å². The Hall–Kier alpha value is -1.36. The van der Waals surface area contributed by atoms with Gasteiger partial charge < -0.3 is 10.2 Å². The van der Waals surface area contributed by atoms with Gasteiger partial charge in [-0.25, -0.2) is 10.8 Å². The van der Waals surface area contributed by atoms with Crippen molar-refractivity contribution in [1.82, 2.24) is 9.97 Å². The average Bonchev–Trinajstić information content (AvgIpc) is 2.14. The van der Waals surface area contributed by atoms with E-state index in [2.05, 4.69) is 15.4 Å². The van der Waals surface area contributed by atoms with E-state index in [1.807, 2.05) is 34.6 Å². The van der Waals surface area contributed by atoms with Crippen LogP contribution in [-0.2, 0) is 0 Å². The van der Waals surface area contributed by atoms with E-state index in [-0.39, 0.29) is 11.5 Å². The van der Waals surface area contributed by atoms with Gasteiger partial charge in [-0.1, -0.05) is 13.8 Å². The Bertz CT molecular complexity index is 357. The minimum Gasteiger partial charge on any atom is -0.472 e. The topological polar surface area (TPSA) is 73.1 Å². The Kier molecular flexibility index (Phi) is 3.70. The molecule has 0 amide bonds. The molecule has 1 aromatic rings. The zero-order chi connectivity index (χ0) is 12.3. The molecule has 0 bridgehead atoms. The fourth-order valence-corrected chi connectivity index (χ4v) is 1.14. The van der Waals surface area contributed by atoms with E-state index in [1.54, 1.807) is 6.07 Å². The van der Waals surface area contributed by atoms with Crippen molar-refractivity contribution in [3.8, 4) is 5.88 Å². The van der Waals surface area contributed by atoms with Crippen molar-refractivity contribution in [2.75, 3.05) is 5.43 Å². The molecule has 0 saturated heterocycles. The van der Waals surface area contributed by atoms with Crippen molar-refractivity contribution in [2.24, 2.45) is 5.84 Å². The summed E-state index contributed by atoms with van der Waals surface area (Å²) in [6.07, 6.45) is 0. The van der Waals surface area contributed by atoms with Gasteiger partial charge in [-0.15, -0.1) is 0 Å². The van der Waals surface area contributed by atoms with E-state index in [0.29, 0.717) is 11.7 Å². The van der Waals surface area contributed by atoms with E-state index in [0.717, 1.165) is 5.82 Å². The van der Waals surface area contributed by atoms with Crippen LogP contribution in [0.4, 0.5) is 5.82 Å². The van der Waals surface area contributed by atoms with Crippen molar-refractivity contribution < 1.29 is 4.74 Å². The van der Waals surface area contributed by atoms with Crippen molar-refractivity contribution in [3.63, 3.8) is 0 Å². The van der Waals surface area contributed by atoms with Gasteiger partial charge in [-0.2, -0.15) is 4.98 Å². The van der Waals surface area contributed by atoms with Crippen LogP contribution in [0, 0.1) is 0 Å². The molecule has 0 fully saturated rings. The molecule has 0 unspecified atom stereocenters. The summed E-state index contributed by atoms with van der Waals surface area (Å²) in [5.41, 5.74) is 2.23. The van der Waals surface area contributed by atoms with Gasteiger partial charge in [0.15, 0.2) is 0 Å². The molecule has 0 saturated carbocycles. The molecule has 0 atom stereocenters. The first-order valence-electron chi connectivity index (χ1n) is 5.36. The molecule has 0 aliphatic heterocycles. The number of nitrogens with two attached hydrogens (primary N) is 1. The molecule has 0 aromatic carbocycles. The van der Waals surface area contributed by atoms with E-state index >= 15 is 0 Å². The average molecular weight is 224 g/mol. The molecule has 5 nitrogen and oxygen atoms in total. The lowest BCUT2D eigenvalue weighted by Crippen LogP contribution is -2.24. The maximum Gasteiger partial charge on any atom is 0.219 e. The molecule has 1 aromatic heterocycles. The molecule has 5 heteroatoms. The number of hydrogen-bond donors (Lipinski definition) is 2. The Morgan fingerprint density at radius 1 is 1.31 bits per heavy atom. The summed E-state index contributed by atoms with van der Waals surface area (Å²) < 4.78 is 5.69. The lowest BCUT2D eigenvalue weighted by Gasteiger charge is -2.21. The smallest absolute Gasteiger partial charge is 0.219 e. The first-order chi connectivity index (χ1) is 7.31. The van der Waals surface area contributed by atoms with Gasteiger partial charge in [0.2, 0.25) is 5.88 Å². The highest BCUT2D eigenvalue weighted by molar-refractivity contribution is 5.37. The summed E-state index contributed by atoms with van der Waals surface area (Å²) in [4.78, 5) is 8.59. The third-order valence-electron chi connectivity index (χ3n) is 1.79. The number of nitrogens with one attached hydrogen (secondary N) is 1. The van der Waals surface area contributed by atoms with Crippen molar-refractivity contribution in [2.45, 2.75) is 46.1 Å². The number of rotatable bonds is 3. The first-order valence-corrected chi connectivity index (χ1v) is 5.36. The third-order valence-corrected chi connectivity index (χ3v) is 1.79. The maximum absolute atomic E-state index is 5.69. The summed E-state index contributed by atoms with van der Waals surface area (Å²) in [5, 5.41) is 0. The highest BCUT2D eigenvalue weighted by Gasteiger charge is 2.15. The van der Waals surface area contributed by atoms with Crippen LogP contribution in [0.5, 0.6) is 5.88 Å². The highest BCUT2D eigenvalue weighted by Crippen LogP contribution is 2.21. The Labute approximate surface area is 96.4 Å². The molecular weight excluding hydrogens is 204 g/mol. The number of hydrazine groups is 1. The number of nitrogen functional groups attached to an aromatic ring is 1. The van der Waals surface area contributed by atoms with E-state index in [1.165, 1.54) is 0 Å². The minimum absolute atomic E-state index is 0.232. The molecule has 0 aliphatic carbocycles. The molecule has 0 aliphatic rings. The van der Waals surface area contributed by atoms with Crippen LogP contribution in [0.2, 0.25) is 0 Å². The number of hydrogen-bond acceptors (Lipinski definition) is 5. The van der Waals surface area contributed by atoms with Crippen molar-refractivity contribution in [3.05, 3.63) is 11.9 Å². The number of nitrogens with zero attached hydrogens (tertiary/aromatic N) is 2. The molecule has 16 heavy (non-hydrogen) atoms. The van der Waals surface area contributed by atoms with Crippen LogP contribution in [0.3, 0.4) is 0 Å². The summed E-state index contributed by atoms with van der Waals surface area (Å²) in [5.74, 6) is 7.41. The Morgan fingerprint density at radius 3 is 2.38 bits per heavy atom. The van der Waals surface area contributed by atoms with Gasteiger partial charge in [-0.3, -0.25) is 0 Å². The van der Waals surface area contributed by atoms with Gasteiger partial charge in [0.05, 0.1) is 0 Å². The zero-order valence-corrected chi connectivity index (χ0v) is 10.5. The van der Waals surface area contributed by atoms with Crippen LogP contribution >= 0.6 is 0 Å². The van der Waals surface area contributed by atoms with E-state index in [4.69, 9.17) is 10.6 Å². The lowest BCUT2D eigenvalue weighted by molar-refractivity contribution is 0.123. The Balaban J connectivity index is 3.04.